The molecule has 15 heavy (non-hydrogen) atoms. The summed E-state index contributed by atoms with van der Waals surface area (Å²) in [6.07, 6.45) is 0. The minimum absolute atomic E-state index is 0.473. The van der Waals surface area contributed by atoms with E-state index in [9.17, 15) is 0 Å². The molecule has 0 saturated carbocycles. The van der Waals surface area contributed by atoms with Gasteiger partial charge in [0.15, 0.2) is 0 Å². The molecule has 0 aliphatic carbocycles. The Hall–Kier alpha value is -0.340. The van der Waals surface area contributed by atoms with Crippen LogP contribution >= 0.6 is 0 Å². The average Bonchev–Trinajstić information content (AvgIpc) is 2.25. The lowest BCUT2D eigenvalue weighted by Crippen LogP contribution is -2.32. The van der Waals surface area contributed by atoms with E-state index < -0.39 is 24.6 Å². The van der Waals surface area contributed by atoms with E-state index in [1.54, 1.807) is 21.0 Å². The molecule has 0 aromatic heterocycles. The maximum atomic E-state index is 7.59. The van der Waals surface area contributed by atoms with Gasteiger partial charge in [-0.2, -0.15) is 0 Å². The predicted molar refractivity (Wildman–Crippen MR) is 65.2 cm³/mol. The van der Waals surface area contributed by atoms with E-state index in [0.29, 0.717) is 0 Å². The van der Waals surface area contributed by atoms with Crippen LogP contribution in [0.1, 0.15) is 53.9 Å². The minimum atomic E-state index is -2.32. The van der Waals surface area contributed by atoms with Crippen LogP contribution in [0.5, 0.6) is 0 Å². The third kappa shape index (κ3) is 3.62. The predicted octanol–water partition coefficient (Wildman–Crippen LogP) is 3.56. The number of methoxy groups -OCH3 is 1. The van der Waals surface area contributed by atoms with Crippen LogP contribution in [0.2, 0.25) is 0 Å². The fourth-order valence-electron chi connectivity index (χ4n) is 1.28. The van der Waals surface area contributed by atoms with Crippen LogP contribution in [-0.2, 0) is 9.47 Å². The van der Waals surface area contributed by atoms with Crippen LogP contribution in [0.15, 0.2) is 11.1 Å². The van der Waals surface area contributed by atoms with Crippen molar-refractivity contribution in [3.05, 3.63) is 11.1 Å². The van der Waals surface area contributed by atoms with Crippen LogP contribution in [-0.4, -0.2) is 24.9 Å². The second kappa shape index (κ2) is 5.13. The van der Waals surface area contributed by atoms with Crippen molar-refractivity contribution in [1.82, 2.24) is 0 Å². The number of hydrogen-bond acceptors (Lipinski definition) is 2. The molecule has 0 aliphatic heterocycles. The molecule has 0 spiro atoms. The largest absolute Gasteiger partial charge is 0.374 e. The summed E-state index contributed by atoms with van der Waals surface area (Å²) in [7, 11) is 1.62. The molecule has 0 unspecified atom stereocenters. The van der Waals surface area contributed by atoms with Crippen molar-refractivity contribution in [2.75, 3.05) is 13.7 Å². The van der Waals surface area contributed by atoms with Crippen molar-refractivity contribution >= 4 is 0 Å². The van der Waals surface area contributed by atoms with E-state index in [1.807, 2.05) is 27.7 Å². The molecule has 0 saturated heterocycles. The fraction of sp³-hybridized carbons (Fsp3) is 0.846. The standard InChI is InChI=1S/C13H26O2/c1-9-15-13(6,7)11(3)10(2)12(4,5)14-8/h9H2,1-8H3/b11-10-/i1D2,9D2. The van der Waals surface area contributed by atoms with Crippen molar-refractivity contribution < 1.29 is 15.0 Å². The van der Waals surface area contributed by atoms with Gasteiger partial charge in [0.1, 0.15) is 0 Å². The van der Waals surface area contributed by atoms with E-state index in [-0.39, 0.29) is 0 Å². The zero-order valence-electron chi connectivity index (χ0n) is 14.9. The molecular formula is C13H26O2. The first kappa shape index (κ1) is 8.77. The van der Waals surface area contributed by atoms with E-state index in [4.69, 9.17) is 15.0 Å². The Balaban J connectivity index is 5.38. The first-order chi connectivity index (χ1) is 8.28. The average molecular weight is 218 g/mol. The molecule has 0 atom stereocenters. The second-order valence-corrected chi connectivity index (χ2v) is 4.69. The van der Waals surface area contributed by atoms with Gasteiger partial charge in [-0.3, -0.25) is 0 Å². The third-order valence-corrected chi connectivity index (χ3v) is 3.19. The van der Waals surface area contributed by atoms with Crippen molar-refractivity contribution in [3.8, 4) is 0 Å². The van der Waals surface area contributed by atoms with E-state index in [1.165, 1.54) is 0 Å². The highest BCUT2D eigenvalue weighted by molar-refractivity contribution is 5.25. The molecule has 0 amide bonds. The topological polar surface area (TPSA) is 18.5 Å². The Morgan fingerprint density at radius 1 is 1.13 bits per heavy atom. The van der Waals surface area contributed by atoms with Crippen LogP contribution in [0.4, 0.5) is 0 Å². The molecule has 2 nitrogen and oxygen atoms in total. The summed E-state index contributed by atoms with van der Waals surface area (Å²) in [5.74, 6) is 0. The Morgan fingerprint density at radius 3 is 2.00 bits per heavy atom. The Labute approximate surface area is 100 Å². The Morgan fingerprint density at radius 2 is 1.60 bits per heavy atom. The number of rotatable bonds is 5. The summed E-state index contributed by atoms with van der Waals surface area (Å²) in [6, 6.07) is 0. The quantitative estimate of drug-likeness (QED) is 0.657. The van der Waals surface area contributed by atoms with Crippen LogP contribution in [0.3, 0.4) is 0 Å². The first-order valence-corrected chi connectivity index (χ1v) is 5.06. The molecule has 0 rings (SSSR count). The van der Waals surface area contributed by atoms with E-state index >= 15 is 0 Å². The van der Waals surface area contributed by atoms with Crippen molar-refractivity contribution in [3.63, 3.8) is 0 Å². The van der Waals surface area contributed by atoms with Crippen molar-refractivity contribution in [2.45, 2.75) is 59.6 Å². The normalized spacial score (nSPS) is 20.3. The SMILES string of the molecule is [2H]C([2H])C([2H])([2H])OC(C)(C)/C(C)=C(/C)C(C)(C)OC. The molecule has 0 aromatic rings. The summed E-state index contributed by atoms with van der Waals surface area (Å²) in [6.45, 7) is 7.07. The fourth-order valence-corrected chi connectivity index (χ4v) is 1.28. The lowest BCUT2D eigenvalue weighted by atomic mass is 9.87. The molecule has 0 bridgehead atoms. The van der Waals surface area contributed by atoms with Gasteiger partial charge >= 0.3 is 0 Å². The summed E-state index contributed by atoms with van der Waals surface area (Å²) in [5.41, 5.74) is 0.397. The van der Waals surface area contributed by atoms with Crippen LogP contribution in [0.25, 0.3) is 0 Å². The van der Waals surface area contributed by atoms with Gasteiger partial charge in [-0.05, 0) is 59.6 Å². The van der Waals surface area contributed by atoms with Gasteiger partial charge in [0.2, 0.25) is 0 Å². The molecular weight excluding hydrogens is 188 g/mol. The zero-order chi connectivity index (χ0) is 15.6. The molecule has 0 radical (unpaired) electrons. The zero-order valence-corrected chi connectivity index (χ0v) is 10.9. The van der Waals surface area contributed by atoms with Gasteiger partial charge in [0.05, 0.1) is 13.9 Å². The minimum Gasteiger partial charge on any atom is -0.374 e. The molecule has 2 heteroatoms. The maximum absolute atomic E-state index is 7.59. The highest BCUT2D eigenvalue weighted by Gasteiger charge is 2.28. The highest BCUT2D eigenvalue weighted by Crippen LogP contribution is 2.30. The lowest BCUT2D eigenvalue weighted by Gasteiger charge is -2.33. The van der Waals surface area contributed by atoms with E-state index in [0.717, 1.165) is 11.1 Å². The summed E-state index contributed by atoms with van der Waals surface area (Å²) < 4.78 is 40.3. The highest BCUT2D eigenvalue weighted by atomic mass is 16.5. The Bertz CT molecular complexity index is 347. The van der Waals surface area contributed by atoms with Crippen molar-refractivity contribution in [1.29, 1.82) is 0 Å². The number of ether oxygens (including phenoxy) is 2. The lowest BCUT2D eigenvalue weighted by molar-refractivity contribution is 0.0110. The molecule has 0 N–H and O–H groups in total. The van der Waals surface area contributed by atoms with Crippen LogP contribution in [0, 0.1) is 0 Å². The van der Waals surface area contributed by atoms with Gasteiger partial charge in [-0.25, -0.2) is 0 Å². The maximum Gasteiger partial charge on any atom is 0.0836 e. The molecule has 0 fully saturated rings. The van der Waals surface area contributed by atoms with Gasteiger partial charge in [0, 0.05) is 16.4 Å². The summed E-state index contributed by atoms with van der Waals surface area (Å²) in [5, 5.41) is 0. The monoisotopic (exact) mass is 218 g/mol. The summed E-state index contributed by atoms with van der Waals surface area (Å²) >= 11 is 0. The van der Waals surface area contributed by atoms with Gasteiger partial charge in [-0.15, -0.1) is 0 Å². The first-order valence-electron chi connectivity index (χ1n) is 7.21. The molecule has 90 valence electrons. The second-order valence-electron chi connectivity index (χ2n) is 4.69. The van der Waals surface area contributed by atoms with Gasteiger partial charge < -0.3 is 9.47 Å². The van der Waals surface area contributed by atoms with Crippen molar-refractivity contribution in [2.24, 2.45) is 0 Å². The van der Waals surface area contributed by atoms with Gasteiger partial charge in [0.25, 0.3) is 0 Å². The molecule has 0 aliphatic rings. The van der Waals surface area contributed by atoms with E-state index in [2.05, 4.69) is 0 Å². The summed E-state index contributed by atoms with van der Waals surface area (Å²) in [4.78, 5) is 0. The smallest absolute Gasteiger partial charge is 0.0836 e. The van der Waals surface area contributed by atoms with Gasteiger partial charge in [-0.1, -0.05) is 0 Å². The third-order valence-electron chi connectivity index (χ3n) is 3.19. The molecule has 0 aromatic carbocycles. The number of hydrogen-bond donors (Lipinski definition) is 0. The molecule has 0 heterocycles. The van der Waals surface area contributed by atoms with Crippen LogP contribution < -0.4 is 0 Å². The Kier molecular flexibility index (Phi) is 3.00.